The van der Waals surface area contributed by atoms with E-state index in [9.17, 15) is 19.8 Å². The number of rotatable bonds is 6. The highest BCUT2D eigenvalue weighted by molar-refractivity contribution is 6.46. The molecule has 34 heavy (non-hydrogen) atoms. The van der Waals surface area contributed by atoms with Crippen LogP contribution in [0, 0.1) is 13.8 Å². The van der Waals surface area contributed by atoms with Crippen molar-refractivity contribution in [2.75, 3.05) is 14.2 Å². The minimum absolute atomic E-state index is 0.00418. The number of furan rings is 1. The van der Waals surface area contributed by atoms with E-state index in [0.29, 0.717) is 22.6 Å². The maximum atomic E-state index is 13.3. The lowest BCUT2D eigenvalue weighted by molar-refractivity contribution is -0.140. The second kappa shape index (κ2) is 8.97. The van der Waals surface area contributed by atoms with Crippen molar-refractivity contribution in [3.8, 4) is 17.2 Å². The molecule has 0 spiro atoms. The summed E-state index contributed by atoms with van der Waals surface area (Å²) in [7, 11) is 2.90. The normalized spacial score (nSPS) is 17.3. The number of benzene rings is 2. The number of ketones is 1. The lowest BCUT2D eigenvalue weighted by Gasteiger charge is -2.25. The molecule has 1 unspecified atom stereocenters. The van der Waals surface area contributed by atoms with Gasteiger partial charge in [-0.2, -0.15) is 0 Å². The Morgan fingerprint density at radius 2 is 1.85 bits per heavy atom. The molecule has 0 radical (unpaired) electrons. The second-order valence-electron chi connectivity index (χ2n) is 8.10. The quantitative estimate of drug-likeness (QED) is 0.320. The van der Waals surface area contributed by atoms with Gasteiger partial charge in [0, 0.05) is 0 Å². The molecule has 8 nitrogen and oxygen atoms in total. The third-order valence-corrected chi connectivity index (χ3v) is 5.84. The molecule has 8 heteroatoms. The Kier molecular flexibility index (Phi) is 6.06. The van der Waals surface area contributed by atoms with Crippen LogP contribution in [-0.4, -0.2) is 41.0 Å². The molecule has 3 aromatic rings. The van der Waals surface area contributed by atoms with Crippen molar-refractivity contribution in [2.45, 2.75) is 26.4 Å². The first-order chi connectivity index (χ1) is 16.3. The van der Waals surface area contributed by atoms with Gasteiger partial charge in [-0.3, -0.25) is 9.59 Å². The van der Waals surface area contributed by atoms with Gasteiger partial charge in [-0.25, -0.2) is 0 Å². The number of amides is 1. The maximum absolute atomic E-state index is 13.3. The Bertz CT molecular complexity index is 1290. The van der Waals surface area contributed by atoms with Crippen LogP contribution in [-0.2, 0) is 16.1 Å². The van der Waals surface area contributed by atoms with Crippen LogP contribution in [0.4, 0.5) is 0 Å². The number of likely N-dealkylation sites (tertiary alicyclic amines) is 1. The zero-order valence-corrected chi connectivity index (χ0v) is 19.3. The number of aliphatic hydroxyl groups excluding tert-OH is 1. The molecule has 1 aliphatic rings. The van der Waals surface area contributed by atoms with Crippen molar-refractivity contribution in [3.63, 3.8) is 0 Å². The molecule has 1 aromatic heterocycles. The average molecular weight is 463 g/mol. The van der Waals surface area contributed by atoms with Crippen LogP contribution in [0.1, 0.15) is 34.1 Å². The molecule has 2 heterocycles. The Hall–Kier alpha value is -4.20. The summed E-state index contributed by atoms with van der Waals surface area (Å²) in [4.78, 5) is 27.7. The molecule has 176 valence electrons. The van der Waals surface area contributed by atoms with Crippen molar-refractivity contribution >= 4 is 17.4 Å². The number of aromatic hydroxyl groups is 1. The highest BCUT2D eigenvalue weighted by Crippen LogP contribution is 2.44. The number of nitrogens with zero attached hydrogens (tertiary/aromatic N) is 1. The largest absolute Gasteiger partial charge is 0.507 e. The van der Waals surface area contributed by atoms with E-state index in [1.165, 1.54) is 37.5 Å². The predicted molar refractivity (Wildman–Crippen MR) is 124 cm³/mol. The van der Waals surface area contributed by atoms with E-state index in [0.717, 1.165) is 11.1 Å². The zero-order valence-electron chi connectivity index (χ0n) is 19.3. The van der Waals surface area contributed by atoms with E-state index in [1.807, 2.05) is 19.9 Å². The topological polar surface area (TPSA) is 109 Å². The first-order valence-corrected chi connectivity index (χ1v) is 10.6. The van der Waals surface area contributed by atoms with Crippen LogP contribution in [0.2, 0.25) is 0 Å². The van der Waals surface area contributed by atoms with Gasteiger partial charge in [-0.15, -0.1) is 0 Å². The van der Waals surface area contributed by atoms with Crippen molar-refractivity contribution in [1.82, 2.24) is 4.90 Å². The Morgan fingerprint density at radius 1 is 1.09 bits per heavy atom. The molecular formula is C26H25NO7. The zero-order chi connectivity index (χ0) is 24.6. The van der Waals surface area contributed by atoms with Crippen LogP contribution < -0.4 is 9.47 Å². The summed E-state index contributed by atoms with van der Waals surface area (Å²) in [5.41, 5.74) is 2.24. The van der Waals surface area contributed by atoms with Crippen LogP contribution in [0.15, 0.2) is 58.7 Å². The summed E-state index contributed by atoms with van der Waals surface area (Å²) in [6.07, 6.45) is 1.47. The predicted octanol–water partition coefficient (Wildman–Crippen LogP) is 4.24. The van der Waals surface area contributed by atoms with Crippen molar-refractivity contribution in [3.05, 3.63) is 82.3 Å². The fourth-order valence-corrected chi connectivity index (χ4v) is 4.38. The number of Topliss-reactive ketones (excluding diaryl/α,β-unsaturated/α-hetero) is 1. The fourth-order valence-electron chi connectivity index (χ4n) is 4.38. The third-order valence-electron chi connectivity index (χ3n) is 5.84. The lowest BCUT2D eigenvalue weighted by Crippen LogP contribution is -2.29. The number of ether oxygens (including phenoxy) is 2. The van der Waals surface area contributed by atoms with Gasteiger partial charge in [0.25, 0.3) is 11.7 Å². The van der Waals surface area contributed by atoms with E-state index in [2.05, 4.69) is 0 Å². The van der Waals surface area contributed by atoms with Gasteiger partial charge in [0.05, 0.1) is 44.2 Å². The van der Waals surface area contributed by atoms with Gasteiger partial charge in [-0.1, -0.05) is 12.1 Å². The van der Waals surface area contributed by atoms with Gasteiger partial charge in [-0.05, 0) is 60.9 Å². The van der Waals surface area contributed by atoms with Crippen LogP contribution in [0.3, 0.4) is 0 Å². The average Bonchev–Trinajstić information content (AvgIpc) is 3.40. The van der Waals surface area contributed by atoms with Crippen molar-refractivity contribution < 1.29 is 33.7 Å². The van der Waals surface area contributed by atoms with E-state index < -0.39 is 17.7 Å². The molecule has 4 rings (SSSR count). The number of phenolic OH excluding ortho intramolecular Hbond substituents is 1. The monoisotopic (exact) mass is 463 g/mol. The van der Waals surface area contributed by atoms with Crippen LogP contribution >= 0.6 is 0 Å². The molecule has 1 atom stereocenters. The number of aryl methyl sites for hydroxylation is 2. The van der Waals surface area contributed by atoms with Gasteiger partial charge in [0.15, 0.2) is 11.5 Å². The van der Waals surface area contributed by atoms with Gasteiger partial charge >= 0.3 is 0 Å². The number of carbonyl (C=O) groups is 2. The number of aliphatic hydroxyl groups is 1. The van der Waals surface area contributed by atoms with E-state index >= 15 is 0 Å². The van der Waals surface area contributed by atoms with E-state index in [-0.39, 0.29) is 29.4 Å². The molecule has 1 amide bonds. The summed E-state index contributed by atoms with van der Waals surface area (Å²) in [5.74, 6) is -1.04. The summed E-state index contributed by atoms with van der Waals surface area (Å²) in [6.45, 7) is 3.69. The minimum atomic E-state index is -0.979. The third kappa shape index (κ3) is 3.87. The number of methoxy groups -OCH3 is 2. The standard InChI is InChI=1S/C26H25NO7/c1-14-10-15(2)25(33-4)18(11-14)23(29)21-22(16-7-8-20(32-3)19(28)12-16)27(26(31)24(21)30)13-17-6-5-9-34-17/h5-12,22,28-29H,13H2,1-4H3/b23-21+. The summed E-state index contributed by atoms with van der Waals surface area (Å²) >= 11 is 0. The Labute approximate surface area is 196 Å². The number of phenols is 1. The molecule has 0 saturated carbocycles. The molecular weight excluding hydrogens is 438 g/mol. The maximum Gasteiger partial charge on any atom is 0.296 e. The van der Waals surface area contributed by atoms with Crippen molar-refractivity contribution in [1.29, 1.82) is 0 Å². The molecule has 1 fully saturated rings. The molecule has 0 aliphatic carbocycles. The van der Waals surface area contributed by atoms with E-state index in [4.69, 9.17) is 13.9 Å². The highest BCUT2D eigenvalue weighted by Gasteiger charge is 2.47. The Balaban J connectivity index is 1.95. The summed E-state index contributed by atoms with van der Waals surface area (Å²) in [6, 6.07) is 10.6. The fraction of sp³-hybridized carbons (Fsp3) is 0.231. The molecule has 2 N–H and O–H groups in total. The minimum Gasteiger partial charge on any atom is -0.507 e. The van der Waals surface area contributed by atoms with E-state index in [1.54, 1.807) is 24.3 Å². The number of carbonyl (C=O) groups excluding carboxylic acids is 2. The highest BCUT2D eigenvalue weighted by atomic mass is 16.5. The van der Waals surface area contributed by atoms with Crippen molar-refractivity contribution in [2.24, 2.45) is 0 Å². The van der Waals surface area contributed by atoms with Gasteiger partial charge < -0.3 is 29.0 Å². The van der Waals surface area contributed by atoms with Gasteiger partial charge in [0.2, 0.25) is 0 Å². The molecule has 2 aromatic carbocycles. The smallest absolute Gasteiger partial charge is 0.296 e. The second-order valence-corrected chi connectivity index (χ2v) is 8.10. The SMILES string of the molecule is COc1ccc(C2/C(=C(\O)c3cc(C)cc(C)c3OC)C(=O)C(=O)N2Cc2ccco2)cc1O. The van der Waals surface area contributed by atoms with Crippen LogP contribution in [0.25, 0.3) is 5.76 Å². The molecule has 1 saturated heterocycles. The number of hydrogen-bond acceptors (Lipinski definition) is 7. The summed E-state index contributed by atoms with van der Waals surface area (Å²) < 4.78 is 16.0. The molecule has 0 bridgehead atoms. The molecule has 1 aliphatic heterocycles. The lowest BCUT2D eigenvalue weighted by atomic mass is 9.93. The number of hydrogen-bond donors (Lipinski definition) is 2. The van der Waals surface area contributed by atoms with Gasteiger partial charge in [0.1, 0.15) is 17.3 Å². The summed E-state index contributed by atoms with van der Waals surface area (Å²) in [5, 5.41) is 21.8. The Morgan fingerprint density at radius 3 is 2.47 bits per heavy atom. The first-order valence-electron chi connectivity index (χ1n) is 10.6. The first kappa shape index (κ1) is 23.0. The van der Waals surface area contributed by atoms with Crippen LogP contribution in [0.5, 0.6) is 17.2 Å².